The zero-order chi connectivity index (χ0) is 15.0. The molecule has 1 nitrogen and oxygen atoms in total. The van der Waals surface area contributed by atoms with Crippen LogP contribution in [0.4, 0.5) is 4.39 Å². The molecule has 1 aromatic rings. The molecule has 0 heterocycles. The highest BCUT2D eigenvalue weighted by molar-refractivity contribution is 9.10. The van der Waals surface area contributed by atoms with Crippen molar-refractivity contribution in [2.24, 2.45) is 0 Å². The topological polar surface area (TPSA) is 17.1 Å². The van der Waals surface area contributed by atoms with Crippen molar-refractivity contribution in [1.82, 2.24) is 0 Å². The summed E-state index contributed by atoms with van der Waals surface area (Å²) in [6.07, 6.45) is 6.52. The lowest BCUT2D eigenvalue weighted by Gasteiger charge is -2.16. The molecule has 1 atom stereocenters. The van der Waals surface area contributed by atoms with Crippen molar-refractivity contribution in [3.8, 4) is 12.3 Å². The predicted octanol–water partition coefficient (Wildman–Crippen LogP) is 4.78. The van der Waals surface area contributed by atoms with E-state index in [1.54, 1.807) is 30.0 Å². The van der Waals surface area contributed by atoms with Gasteiger partial charge in [-0.15, -0.1) is 12.3 Å². The van der Waals surface area contributed by atoms with E-state index in [0.29, 0.717) is 22.9 Å². The molecule has 108 valence electrons. The highest BCUT2D eigenvalue weighted by Crippen LogP contribution is 2.29. The summed E-state index contributed by atoms with van der Waals surface area (Å²) >= 11 is 8.03. The molecule has 1 aromatic carbocycles. The molecule has 0 radical (unpaired) electrons. The van der Waals surface area contributed by atoms with Gasteiger partial charge in [-0.2, -0.15) is 11.8 Å². The van der Waals surface area contributed by atoms with Crippen LogP contribution in [0.25, 0.3) is 0 Å². The summed E-state index contributed by atoms with van der Waals surface area (Å²) in [6.45, 7) is 0. The molecule has 1 unspecified atom stereocenters. The SMILES string of the molecule is C#CCCSCCC(C(=O)CBr)c1cccc(Br)c1F. The van der Waals surface area contributed by atoms with Crippen LogP contribution < -0.4 is 0 Å². The van der Waals surface area contributed by atoms with E-state index in [0.717, 1.165) is 11.5 Å². The Morgan fingerprint density at radius 2 is 2.20 bits per heavy atom. The van der Waals surface area contributed by atoms with Crippen molar-refractivity contribution in [1.29, 1.82) is 0 Å². The minimum absolute atomic E-state index is 0.000417. The molecule has 0 aliphatic carbocycles. The molecule has 0 bridgehead atoms. The van der Waals surface area contributed by atoms with Gasteiger partial charge in [0, 0.05) is 18.1 Å². The van der Waals surface area contributed by atoms with E-state index >= 15 is 0 Å². The monoisotopic (exact) mass is 420 g/mol. The molecule has 0 amide bonds. The average Bonchev–Trinajstić information content (AvgIpc) is 2.46. The third-order valence-corrected chi connectivity index (χ3v) is 5.00. The van der Waals surface area contributed by atoms with E-state index in [4.69, 9.17) is 6.42 Å². The molecule has 0 saturated carbocycles. The van der Waals surface area contributed by atoms with Crippen LogP contribution in [0.1, 0.15) is 24.3 Å². The van der Waals surface area contributed by atoms with Crippen LogP contribution in [0.5, 0.6) is 0 Å². The summed E-state index contributed by atoms with van der Waals surface area (Å²) in [4.78, 5) is 12.0. The van der Waals surface area contributed by atoms with E-state index in [1.165, 1.54) is 0 Å². The summed E-state index contributed by atoms with van der Waals surface area (Å²) < 4.78 is 14.5. The zero-order valence-electron chi connectivity index (χ0n) is 10.9. The van der Waals surface area contributed by atoms with Gasteiger partial charge in [-0.3, -0.25) is 4.79 Å². The molecule has 1 rings (SSSR count). The fourth-order valence-corrected chi connectivity index (χ4v) is 3.45. The Hall–Kier alpha value is -0.310. The van der Waals surface area contributed by atoms with Gasteiger partial charge in [0.25, 0.3) is 0 Å². The molecular formula is C15H15Br2FOS. The lowest BCUT2D eigenvalue weighted by molar-refractivity contribution is -0.118. The van der Waals surface area contributed by atoms with Gasteiger partial charge in [-0.05, 0) is 39.7 Å². The Morgan fingerprint density at radius 3 is 2.85 bits per heavy atom. The molecule has 0 spiro atoms. The number of alkyl halides is 1. The third kappa shape index (κ3) is 5.23. The number of benzene rings is 1. The van der Waals surface area contributed by atoms with Crippen molar-refractivity contribution in [2.45, 2.75) is 18.8 Å². The van der Waals surface area contributed by atoms with E-state index in [1.807, 2.05) is 0 Å². The first-order chi connectivity index (χ1) is 9.61. The van der Waals surface area contributed by atoms with Gasteiger partial charge in [0.15, 0.2) is 5.78 Å². The number of ketones is 1. The van der Waals surface area contributed by atoms with Crippen molar-refractivity contribution in [3.63, 3.8) is 0 Å². The smallest absolute Gasteiger partial charge is 0.150 e. The van der Waals surface area contributed by atoms with Gasteiger partial charge in [-0.1, -0.05) is 28.1 Å². The second kappa shape index (κ2) is 9.59. The van der Waals surface area contributed by atoms with Crippen LogP contribution in [-0.2, 0) is 4.79 Å². The lowest BCUT2D eigenvalue weighted by atomic mass is 9.92. The summed E-state index contributed by atoms with van der Waals surface area (Å²) in [5.74, 6) is 3.47. The second-order valence-corrected chi connectivity index (χ2v) is 6.79. The molecule has 0 fully saturated rings. The minimum atomic E-state index is -0.412. The summed E-state index contributed by atoms with van der Waals surface area (Å²) in [7, 11) is 0. The van der Waals surface area contributed by atoms with Gasteiger partial charge < -0.3 is 0 Å². The van der Waals surface area contributed by atoms with Crippen LogP contribution >= 0.6 is 43.6 Å². The molecule has 0 aromatic heterocycles. The first kappa shape index (κ1) is 17.7. The summed E-state index contributed by atoms with van der Waals surface area (Å²) in [5, 5.41) is 0.235. The van der Waals surface area contributed by atoms with Crippen LogP contribution in [0.3, 0.4) is 0 Å². The van der Waals surface area contributed by atoms with E-state index in [-0.39, 0.29) is 16.9 Å². The molecule has 0 aliphatic heterocycles. The molecule has 5 heteroatoms. The van der Waals surface area contributed by atoms with Gasteiger partial charge in [0.05, 0.1) is 9.80 Å². The number of rotatable bonds is 8. The Bertz CT molecular complexity index is 499. The highest BCUT2D eigenvalue weighted by Gasteiger charge is 2.23. The van der Waals surface area contributed by atoms with E-state index < -0.39 is 5.92 Å². The summed E-state index contributed by atoms with van der Waals surface area (Å²) in [5.41, 5.74) is 0.460. The Kier molecular flexibility index (Phi) is 8.51. The van der Waals surface area contributed by atoms with Gasteiger partial charge in [-0.25, -0.2) is 4.39 Å². The summed E-state index contributed by atoms with van der Waals surface area (Å²) in [6, 6.07) is 5.07. The number of Topliss-reactive ketones (excluding diaryl/α,β-unsaturated/α-hetero) is 1. The highest BCUT2D eigenvalue weighted by atomic mass is 79.9. The van der Waals surface area contributed by atoms with Crippen molar-refractivity contribution >= 4 is 49.4 Å². The van der Waals surface area contributed by atoms with Gasteiger partial charge in [0.2, 0.25) is 0 Å². The molecule has 0 aliphatic rings. The van der Waals surface area contributed by atoms with Crippen LogP contribution in [0.15, 0.2) is 22.7 Å². The average molecular weight is 422 g/mol. The fraction of sp³-hybridized carbons (Fsp3) is 0.400. The van der Waals surface area contributed by atoms with Gasteiger partial charge in [0.1, 0.15) is 5.82 Å². The number of hydrogen-bond donors (Lipinski definition) is 0. The maximum Gasteiger partial charge on any atom is 0.150 e. The lowest BCUT2D eigenvalue weighted by Crippen LogP contribution is -2.16. The molecule has 0 saturated heterocycles. The predicted molar refractivity (Wildman–Crippen MR) is 91.0 cm³/mol. The van der Waals surface area contributed by atoms with Crippen molar-refractivity contribution in [3.05, 3.63) is 34.1 Å². The Morgan fingerprint density at radius 1 is 1.45 bits per heavy atom. The van der Waals surface area contributed by atoms with Crippen LogP contribution in [-0.4, -0.2) is 22.6 Å². The molecular weight excluding hydrogens is 407 g/mol. The maximum absolute atomic E-state index is 14.1. The minimum Gasteiger partial charge on any atom is -0.298 e. The normalized spacial score (nSPS) is 11.9. The first-order valence-corrected chi connectivity index (χ1v) is 9.22. The fourth-order valence-electron chi connectivity index (χ4n) is 1.81. The number of thioether (sulfide) groups is 1. The first-order valence-electron chi connectivity index (χ1n) is 6.15. The van der Waals surface area contributed by atoms with Gasteiger partial charge >= 0.3 is 0 Å². The third-order valence-electron chi connectivity index (χ3n) is 2.82. The Balaban J connectivity index is 2.77. The number of carbonyl (C=O) groups excluding carboxylic acids is 1. The second-order valence-electron chi connectivity index (χ2n) is 4.15. The standard InChI is InChI=1S/C15H15Br2FOS/c1-2-3-8-20-9-7-11(14(19)10-16)12-5-4-6-13(17)15(12)18/h1,4-6,11H,3,7-10H2. The van der Waals surface area contributed by atoms with Crippen LogP contribution in [0.2, 0.25) is 0 Å². The number of carbonyl (C=O) groups is 1. The Labute approximate surface area is 140 Å². The quantitative estimate of drug-likeness (QED) is 0.341. The van der Waals surface area contributed by atoms with E-state index in [2.05, 4.69) is 37.8 Å². The van der Waals surface area contributed by atoms with E-state index in [9.17, 15) is 9.18 Å². The molecule has 20 heavy (non-hydrogen) atoms. The molecule has 0 N–H and O–H groups in total. The largest absolute Gasteiger partial charge is 0.298 e. The number of terminal acetylenes is 1. The number of halogens is 3. The van der Waals surface area contributed by atoms with Crippen LogP contribution in [0, 0.1) is 18.2 Å². The van der Waals surface area contributed by atoms with Crippen molar-refractivity contribution in [2.75, 3.05) is 16.8 Å². The maximum atomic E-state index is 14.1. The number of hydrogen-bond acceptors (Lipinski definition) is 2. The van der Waals surface area contributed by atoms with Crippen molar-refractivity contribution < 1.29 is 9.18 Å². The zero-order valence-corrected chi connectivity index (χ0v) is 14.9.